The Balaban J connectivity index is 1.85. The van der Waals surface area contributed by atoms with Gasteiger partial charge in [0.1, 0.15) is 0 Å². The van der Waals surface area contributed by atoms with Crippen molar-refractivity contribution in [3.63, 3.8) is 0 Å². The number of para-hydroxylation sites is 1. The van der Waals surface area contributed by atoms with E-state index in [2.05, 4.69) is 10.3 Å². The molecule has 6 nitrogen and oxygen atoms in total. The van der Waals surface area contributed by atoms with Crippen molar-refractivity contribution >= 4 is 45.0 Å². The molecule has 0 radical (unpaired) electrons. The minimum atomic E-state index is -0.403. The molecule has 3 rings (SSSR count). The van der Waals surface area contributed by atoms with Gasteiger partial charge in [0, 0.05) is 29.3 Å². The molecule has 5 N–H and O–H groups in total. The Morgan fingerprint density at radius 3 is 2.54 bits per heavy atom. The van der Waals surface area contributed by atoms with E-state index in [0.717, 1.165) is 21.8 Å². The second-order valence-corrected chi connectivity index (χ2v) is 5.64. The molecule has 0 unspecified atom stereocenters. The van der Waals surface area contributed by atoms with Gasteiger partial charge in [-0.1, -0.05) is 18.2 Å². The van der Waals surface area contributed by atoms with Crippen LogP contribution in [0, 0.1) is 0 Å². The largest absolute Gasteiger partial charge is 0.398 e. The molecule has 0 saturated carbocycles. The van der Waals surface area contributed by atoms with E-state index in [-0.39, 0.29) is 18.7 Å². The monoisotopic (exact) mass is 322 g/mol. The maximum Gasteiger partial charge on any atom is 0.224 e. The number of benzene rings is 2. The first-order valence-corrected chi connectivity index (χ1v) is 7.71. The SMILES string of the molecule is NC(=O)CCCC(=O)Nc1ccc2nc3ccccc3c(N)c2c1. The highest BCUT2D eigenvalue weighted by molar-refractivity contribution is 6.07. The van der Waals surface area contributed by atoms with Gasteiger partial charge < -0.3 is 16.8 Å². The Labute approximate surface area is 138 Å². The number of nitrogens with two attached hydrogens (primary N) is 2. The lowest BCUT2D eigenvalue weighted by atomic mass is 10.1. The molecule has 2 amide bonds. The number of hydrogen-bond acceptors (Lipinski definition) is 4. The number of rotatable bonds is 5. The van der Waals surface area contributed by atoms with Crippen LogP contribution in [0.15, 0.2) is 42.5 Å². The Bertz CT molecular complexity index is 937. The molecule has 0 aliphatic rings. The summed E-state index contributed by atoms with van der Waals surface area (Å²) in [5.74, 6) is -0.567. The number of pyridine rings is 1. The van der Waals surface area contributed by atoms with Crippen molar-refractivity contribution in [2.24, 2.45) is 5.73 Å². The van der Waals surface area contributed by atoms with Gasteiger partial charge in [-0.15, -0.1) is 0 Å². The Morgan fingerprint density at radius 1 is 1.00 bits per heavy atom. The highest BCUT2D eigenvalue weighted by Gasteiger charge is 2.09. The van der Waals surface area contributed by atoms with Gasteiger partial charge in [0.25, 0.3) is 0 Å². The normalized spacial score (nSPS) is 10.8. The van der Waals surface area contributed by atoms with E-state index in [0.29, 0.717) is 17.8 Å². The minimum absolute atomic E-state index is 0.164. The number of amides is 2. The molecule has 0 aliphatic carbocycles. The number of nitrogens with zero attached hydrogens (tertiary/aromatic N) is 1. The van der Waals surface area contributed by atoms with Crippen molar-refractivity contribution in [3.05, 3.63) is 42.5 Å². The zero-order chi connectivity index (χ0) is 17.1. The molecule has 1 aromatic heterocycles. The van der Waals surface area contributed by atoms with E-state index in [1.807, 2.05) is 36.4 Å². The van der Waals surface area contributed by atoms with E-state index in [1.54, 1.807) is 6.07 Å². The van der Waals surface area contributed by atoms with Gasteiger partial charge in [0.2, 0.25) is 11.8 Å². The van der Waals surface area contributed by atoms with E-state index < -0.39 is 5.91 Å². The lowest BCUT2D eigenvalue weighted by molar-refractivity contribution is -0.118. The van der Waals surface area contributed by atoms with Gasteiger partial charge in [0.05, 0.1) is 16.7 Å². The van der Waals surface area contributed by atoms with Crippen molar-refractivity contribution in [3.8, 4) is 0 Å². The Morgan fingerprint density at radius 2 is 1.75 bits per heavy atom. The predicted octanol–water partition coefficient (Wildman–Crippen LogP) is 2.56. The van der Waals surface area contributed by atoms with Crippen molar-refractivity contribution in [2.75, 3.05) is 11.1 Å². The third kappa shape index (κ3) is 3.27. The van der Waals surface area contributed by atoms with Gasteiger partial charge >= 0.3 is 0 Å². The van der Waals surface area contributed by atoms with E-state index >= 15 is 0 Å². The van der Waals surface area contributed by atoms with E-state index in [1.165, 1.54) is 0 Å². The molecule has 0 aliphatic heterocycles. The van der Waals surface area contributed by atoms with Gasteiger partial charge in [-0.2, -0.15) is 0 Å². The standard InChI is InChI=1S/C18H18N4O2/c19-16(23)6-3-7-17(24)21-11-8-9-15-13(10-11)18(20)12-4-1-2-5-14(12)22-15/h1-2,4-5,8-10H,3,6-7H2,(H2,19,23)(H2,20,22)(H,21,24). The van der Waals surface area contributed by atoms with Gasteiger partial charge in [0.15, 0.2) is 0 Å². The summed E-state index contributed by atoms with van der Waals surface area (Å²) in [5.41, 5.74) is 14.2. The van der Waals surface area contributed by atoms with Crippen LogP contribution in [0.2, 0.25) is 0 Å². The molecule has 0 atom stereocenters. The molecule has 2 aromatic carbocycles. The van der Waals surface area contributed by atoms with E-state index in [9.17, 15) is 9.59 Å². The van der Waals surface area contributed by atoms with E-state index in [4.69, 9.17) is 11.5 Å². The molecule has 0 fully saturated rings. The Kier molecular flexibility index (Phi) is 4.29. The quantitative estimate of drug-likeness (QED) is 0.627. The third-order valence-electron chi connectivity index (χ3n) is 3.83. The summed E-state index contributed by atoms with van der Waals surface area (Å²) in [6, 6.07) is 13.1. The fourth-order valence-electron chi connectivity index (χ4n) is 2.65. The fourth-order valence-corrected chi connectivity index (χ4v) is 2.65. The smallest absolute Gasteiger partial charge is 0.224 e. The topological polar surface area (TPSA) is 111 Å². The van der Waals surface area contributed by atoms with Gasteiger partial charge in [-0.25, -0.2) is 4.98 Å². The van der Waals surface area contributed by atoms with Crippen LogP contribution in [-0.2, 0) is 9.59 Å². The number of aromatic nitrogens is 1. The second-order valence-electron chi connectivity index (χ2n) is 5.64. The van der Waals surface area contributed by atoms with Crippen LogP contribution in [0.3, 0.4) is 0 Å². The zero-order valence-electron chi connectivity index (χ0n) is 13.1. The summed E-state index contributed by atoms with van der Waals surface area (Å²) in [6.45, 7) is 0. The third-order valence-corrected chi connectivity index (χ3v) is 3.83. The molecule has 0 bridgehead atoms. The van der Waals surface area contributed by atoms with Crippen LogP contribution in [0.5, 0.6) is 0 Å². The number of anilines is 2. The first kappa shape index (κ1) is 15.7. The predicted molar refractivity (Wildman–Crippen MR) is 95.3 cm³/mol. The van der Waals surface area contributed by atoms with Crippen LogP contribution in [0.25, 0.3) is 21.8 Å². The van der Waals surface area contributed by atoms with Gasteiger partial charge in [-0.3, -0.25) is 9.59 Å². The number of hydrogen-bond donors (Lipinski definition) is 3. The van der Waals surface area contributed by atoms with Crippen LogP contribution in [0.1, 0.15) is 19.3 Å². The highest BCUT2D eigenvalue weighted by Crippen LogP contribution is 2.29. The number of primary amides is 1. The van der Waals surface area contributed by atoms with Crippen LogP contribution in [0.4, 0.5) is 11.4 Å². The molecule has 1 heterocycles. The maximum atomic E-state index is 11.9. The lowest BCUT2D eigenvalue weighted by Gasteiger charge is -2.09. The first-order chi connectivity index (χ1) is 11.5. The molecule has 0 spiro atoms. The maximum absolute atomic E-state index is 11.9. The summed E-state index contributed by atoms with van der Waals surface area (Å²) < 4.78 is 0. The molecular weight excluding hydrogens is 304 g/mol. The minimum Gasteiger partial charge on any atom is -0.398 e. The summed E-state index contributed by atoms with van der Waals surface area (Å²) in [5, 5.41) is 4.49. The first-order valence-electron chi connectivity index (χ1n) is 7.71. The van der Waals surface area contributed by atoms with Crippen molar-refractivity contribution < 1.29 is 9.59 Å². The number of nitrogens with one attached hydrogen (secondary N) is 1. The van der Waals surface area contributed by atoms with Crippen molar-refractivity contribution in [1.82, 2.24) is 4.98 Å². The number of fused-ring (bicyclic) bond motifs is 2. The fraction of sp³-hybridized carbons (Fsp3) is 0.167. The average Bonchev–Trinajstić information content (AvgIpc) is 2.55. The molecule has 122 valence electrons. The Hall–Kier alpha value is -3.15. The second kappa shape index (κ2) is 6.54. The highest BCUT2D eigenvalue weighted by atomic mass is 16.2. The summed E-state index contributed by atoms with van der Waals surface area (Å²) >= 11 is 0. The molecule has 0 saturated heterocycles. The number of carbonyl (C=O) groups is 2. The molecule has 3 aromatic rings. The number of nitrogen functional groups attached to an aromatic ring is 1. The van der Waals surface area contributed by atoms with Crippen LogP contribution < -0.4 is 16.8 Å². The summed E-state index contributed by atoms with van der Waals surface area (Å²) in [7, 11) is 0. The van der Waals surface area contributed by atoms with Gasteiger partial charge in [-0.05, 0) is 30.7 Å². The molecular formula is C18H18N4O2. The van der Waals surface area contributed by atoms with Crippen molar-refractivity contribution in [1.29, 1.82) is 0 Å². The summed E-state index contributed by atoms with van der Waals surface area (Å²) in [6.07, 6.45) is 0.878. The lowest BCUT2D eigenvalue weighted by Crippen LogP contribution is -2.14. The van der Waals surface area contributed by atoms with Crippen LogP contribution in [-0.4, -0.2) is 16.8 Å². The molecule has 24 heavy (non-hydrogen) atoms. The zero-order valence-corrected chi connectivity index (χ0v) is 13.1. The summed E-state index contributed by atoms with van der Waals surface area (Å²) in [4.78, 5) is 27.2. The average molecular weight is 322 g/mol. The van der Waals surface area contributed by atoms with Crippen LogP contribution >= 0.6 is 0 Å². The number of carbonyl (C=O) groups excluding carboxylic acids is 2. The molecule has 6 heteroatoms. The van der Waals surface area contributed by atoms with Crippen molar-refractivity contribution in [2.45, 2.75) is 19.3 Å².